The Morgan fingerprint density at radius 3 is 2.69 bits per heavy atom. The number of anilines is 4. The van der Waals surface area contributed by atoms with Crippen LogP contribution in [0.1, 0.15) is 31.9 Å². The molecule has 10 nitrogen and oxygen atoms in total. The molecule has 35 heavy (non-hydrogen) atoms. The van der Waals surface area contributed by atoms with E-state index in [1.807, 2.05) is 52.7 Å². The summed E-state index contributed by atoms with van der Waals surface area (Å²) in [7, 11) is 3.59. The second kappa shape index (κ2) is 9.18. The number of benzene rings is 1. The second-order valence-corrected chi connectivity index (χ2v) is 9.00. The van der Waals surface area contributed by atoms with Crippen LogP contribution in [0.2, 0.25) is 0 Å². The van der Waals surface area contributed by atoms with Gasteiger partial charge in [0.05, 0.1) is 31.0 Å². The molecule has 0 atom stereocenters. The highest BCUT2D eigenvalue weighted by Gasteiger charge is 2.51. The molecular formula is C25H31N7O3. The number of ether oxygens (including phenoxy) is 2. The van der Waals surface area contributed by atoms with Gasteiger partial charge in [0.25, 0.3) is 5.91 Å². The van der Waals surface area contributed by atoms with Crippen LogP contribution < -0.4 is 19.9 Å². The highest BCUT2D eigenvalue weighted by Crippen LogP contribution is 2.43. The van der Waals surface area contributed by atoms with Crippen molar-refractivity contribution in [1.82, 2.24) is 19.5 Å². The first kappa shape index (κ1) is 23.1. The lowest BCUT2D eigenvalue weighted by atomic mass is 9.84. The van der Waals surface area contributed by atoms with Gasteiger partial charge in [-0.05, 0) is 25.5 Å². The van der Waals surface area contributed by atoms with Gasteiger partial charge in [0.1, 0.15) is 17.0 Å². The van der Waals surface area contributed by atoms with Crippen molar-refractivity contribution in [3.63, 3.8) is 0 Å². The Balaban J connectivity index is 1.48. The number of aromatic nitrogens is 4. The van der Waals surface area contributed by atoms with Crippen LogP contribution >= 0.6 is 0 Å². The van der Waals surface area contributed by atoms with Crippen LogP contribution in [-0.2, 0) is 9.53 Å². The molecule has 3 aromatic rings. The minimum Gasteiger partial charge on any atom is -0.494 e. The van der Waals surface area contributed by atoms with Crippen LogP contribution in [0.4, 0.5) is 23.1 Å². The molecule has 1 aromatic carbocycles. The summed E-state index contributed by atoms with van der Waals surface area (Å²) in [5, 5.41) is 3.30. The van der Waals surface area contributed by atoms with E-state index in [0.717, 1.165) is 35.0 Å². The number of carbonyl (C=O) groups excluding carboxylic acids is 1. The van der Waals surface area contributed by atoms with Gasteiger partial charge in [-0.3, -0.25) is 4.79 Å². The third kappa shape index (κ3) is 3.97. The molecule has 10 heteroatoms. The van der Waals surface area contributed by atoms with Crippen LogP contribution in [0.5, 0.6) is 5.75 Å². The first-order valence-corrected chi connectivity index (χ1v) is 11.9. The summed E-state index contributed by atoms with van der Waals surface area (Å²) >= 11 is 0. The standard InChI is InChI=1S/C25H31N7O3/c1-5-10-32-20-14-26-24(29-22(20)30(3)25(23(32)33)8-11-35-12-9-25)28-18-6-7-19(21(13-18)34-4)31-15-17(2)27-16-31/h6-7,13-16H,5,8-12H2,1-4H3,(H,26,28,29). The molecule has 2 aliphatic heterocycles. The van der Waals surface area contributed by atoms with E-state index in [1.54, 1.807) is 19.6 Å². The molecule has 2 aliphatic rings. The van der Waals surface area contributed by atoms with Crippen LogP contribution in [0.25, 0.3) is 5.69 Å². The van der Waals surface area contributed by atoms with E-state index in [0.29, 0.717) is 44.3 Å². The van der Waals surface area contributed by atoms with E-state index in [1.165, 1.54) is 0 Å². The summed E-state index contributed by atoms with van der Waals surface area (Å²) in [6.45, 7) is 5.77. The number of methoxy groups -OCH3 is 1. The number of imidazole rings is 1. The zero-order valence-corrected chi connectivity index (χ0v) is 20.6. The number of carbonyl (C=O) groups is 1. The predicted molar refractivity (Wildman–Crippen MR) is 134 cm³/mol. The van der Waals surface area contributed by atoms with Crippen LogP contribution in [0.3, 0.4) is 0 Å². The number of fused-ring (bicyclic) bond motifs is 1. The third-order valence-electron chi connectivity index (χ3n) is 6.84. The van der Waals surface area contributed by atoms with Crippen molar-refractivity contribution in [3.05, 3.63) is 42.6 Å². The maximum Gasteiger partial charge on any atom is 0.253 e. The first-order valence-electron chi connectivity index (χ1n) is 11.9. The zero-order chi connectivity index (χ0) is 24.6. The van der Waals surface area contributed by atoms with Crippen LogP contribution in [0.15, 0.2) is 36.9 Å². The summed E-state index contributed by atoms with van der Waals surface area (Å²) in [6, 6.07) is 5.82. The monoisotopic (exact) mass is 477 g/mol. The Kier molecular flexibility index (Phi) is 6.06. The van der Waals surface area contributed by atoms with Crippen LogP contribution in [-0.4, -0.2) is 64.9 Å². The Hall–Kier alpha value is -3.66. The van der Waals surface area contributed by atoms with Crippen molar-refractivity contribution in [1.29, 1.82) is 0 Å². The Bertz CT molecular complexity index is 1240. The SMILES string of the molecule is CCCN1C(=O)C2(CCOCC2)N(C)c2nc(Nc3ccc(-n4cnc(C)c4)c(OC)c3)ncc21. The van der Waals surface area contributed by atoms with Gasteiger partial charge in [0, 0.05) is 57.6 Å². The fourth-order valence-electron chi connectivity index (χ4n) is 4.93. The van der Waals surface area contributed by atoms with Crippen molar-refractivity contribution < 1.29 is 14.3 Å². The Morgan fingerprint density at radius 1 is 1.20 bits per heavy atom. The molecule has 4 heterocycles. The molecule has 2 aromatic heterocycles. The maximum absolute atomic E-state index is 13.6. The van der Waals surface area contributed by atoms with E-state index in [-0.39, 0.29) is 5.91 Å². The fourth-order valence-corrected chi connectivity index (χ4v) is 4.93. The normalized spacial score (nSPS) is 17.0. The average Bonchev–Trinajstić information content (AvgIpc) is 3.32. The molecule has 1 N–H and O–H groups in total. The average molecular weight is 478 g/mol. The third-order valence-corrected chi connectivity index (χ3v) is 6.84. The van der Waals surface area contributed by atoms with Crippen LogP contribution in [0, 0.1) is 6.92 Å². The molecule has 1 spiro atoms. The van der Waals surface area contributed by atoms with Crippen molar-refractivity contribution in [2.75, 3.05) is 49.0 Å². The van der Waals surface area contributed by atoms with Gasteiger partial charge >= 0.3 is 0 Å². The molecule has 0 radical (unpaired) electrons. The van der Waals surface area contributed by atoms with E-state index in [9.17, 15) is 4.79 Å². The molecule has 5 rings (SSSR count). The molecule has 0 bridgehead atoms. The zero-order valence-electron chi connectivity index (χ0n) is 20.6. The minimum atomic E-state index is -0.639. The quantitative estimate of drug-likeness (QED) is 0.577. The van der Waals surface area contributed by atoms with Crippen molar-refractivity contribution >= 4 is 29.0 Å². The van der Waals surface area contributed by atoms with Crippen molar-refractivity contribution in [3.8, 4) is 11.4 Å². The molecule has 184 valence electrons. The Morgan fingerprint density at radius 2 is 2.00 bits per heavy atom. The summed E-state index contributed by atoms with van der Waals surface area (Å²) in [5.74, 6) is 2.01. The number of nitrogens with one attached hydrogen (secondary N) is 1. The summed E-state index contributed by atoms with van der Waals surface area (Å²) < 4.78 is 13.1. The maximum atomic E-state index is 13.6. The van der Waals surface area contributed by atoms with E-state index < -0.39 is 5.54 Å². The van der Waals surface area contributed by atoms with Gasteiger partial charge in [-0.25, -0.2) is 9.97 Å². The van der Waals surface area contributed by atoms with Crippen molar-refractivity contribution in [2.24, 2.45) is 0 Å². The smallest absolute Gasteiger partial charge is 0.253 e. The van der Waals surface area contributed by atoms with E-state index in [4.69, 9.17) is 14.5 Å². The lowest BCUT2D eigenvalue weighted by Crippen LogP contribution is -2.64. The number of likely N-dealkylation sites (N-methyl/N-ethyl adjacent to an activating group) is 1. The molecular weight excluding hydrogens is 446 g/mol. The fraction of sp³-hybridized carbons (Fsp3) is 0.440. The van der Waals surface area contributed by atoms with Gasteiger partial charge in [-0.15, -0.1) is 0 Å². The molecule has 0 aliphatic carbocycles. The minimum absolute atomic E-state index is 0.108. The van der Waals surface area contributed by atoms with E-state index >= 15 is 0 Å². The predicted octanol–water partition coefficient (Wildman–Crippen LogP) is 3.46. The largest absolute Gasteiger partial charge is 0.494 e. The molecule has 1 saturated heterocycles. The number of hydrogen-bond acceptors (Lipinski definition) is 8. The number of nitrogens with zero attached hydrogens (tertiary/aromatic N) is 6. The molecule has 0 unspecified atom stereocenters. The lowest BCUT2D eigenvalue weighted by Gasteiger charge is -2.50. The number of amides is 1. The van der Waals surface area contributed by atoms with Crippen molar-refractivity contribution in [2.45, 2.75) is 38.6 Å². The first-order chi connectivity index (χ1) is 17.0. The number of rotatable bonds is 6. The number of hydrogen-bond donors (Lipinski definition) is 1. The van der Waals surface area contributed by atoms with Gasteiger partial charge in [0.15, 0.2) is 5.82 Å². The van der Waals surface area contributed by atoms with Gasteiger partial charge in [-0.2, -0.15) is 4.98 Å². The van der Waals surface area contributed by atoms with E-state index in [2.05, 4.69) is 22.2 Å². The molecule has 1 amide bonds. The summed E-state index contributed by atoms with van der Waals surface area (Å²) in [6.07, 6.45) is 7.58. The summed E-state index contributed by atoms with van der Waals surface area (Å²) in [5.41, 5.74) is 2.71. The summed E-state index contributed by atoms with van der Waals surface area (Å²) in [4.78, 5) is 31.2. The lowest BCUT2D eigenvalue weighted by molar-refractivity contribution is -0.127. The van der Waals surface area contributed by atoms with Gasteiger partial charge in [0.2, 0.25) is 5.95 Å². The Labute approximate surface area is 204 Å². The van der Waals surface area contributed by atoms with Gasteiger partial charge < -0.3 is 29.2 Å². The number of aryl methyl sites for hydroxylation is 1. The highest BCUT2D eigenvalue weighted by atomic mass is 16.5. The molecule has 1 fully saturated rings. The second-order valence-electron chi connectivity index (χ2n) is 9.00. The van der Waals surface area contributed by atoms with Gasteiger partial charge in [-0.1, -0.05) is 6.92 Å². The topological polar surface area (TPSA) is 97.6 Å². The highest BCUT2D eigenvalue weighted by molar-refractivity contribution is 6.07. The molecule has 0 saturated carbocycles.